The van der Waals surface area contributed by atoms with Crippen LogP contribution in [-0.2, 0) is 14.3 Å². The van der Waals surface area contributed by atoms with Crippen LogP contribution in [0.2, 0.25) is 0 Å². The number of rotatable bonds is 67. The van der Waals surface area contributed by atoms with Crippen LogP contribution in [0.25, 0.3) is 0 Å². The Bertz CT molecular complexity index is 1440. The third-order valence-corrected chi connectivity index (χ3v) is 18.2. The summed E-state index contributed by atoms with van der Waals surface area (Å²) in [5, 5.41) is 55.0. The van der Waals surface area contributed by atoms with Gasteiger partial charge in [-0.05, 0) is 51.4 Å². The predicted octanol–water partition coefficient (Wildman–Crippen LogP) is 21.0. The van der Waals surface area contributed by atoms with Gasteiger partial charge in [0.05, 0.1) is 25.4 Å². The van der Waals surface area contributed by atoms with Crippen LogP contribution in [0.1, 0.15) is 386 Å². The van der Waals surface area contributed by atoms with Crippen LogP contribution in [0.15, 0.2) is 36.5 Å². The number of carbonyl (C=O) groups excluding carboxylic acids is 1. The molecular formula is C76H145NO8. The molecule has 0 aliphatic carbocycles. The third-order valence-electron chi connectivity index (χ3n) is 18.2. The first-order chi connectivity index (χ1) is 41.8. The lowest BCUT2D eigenvalue weighted by Crippen LogP contribution is -2.60. The SMILES string of the molecule is CCCCCCC/C=C\C/C=C\C/C=C\CCCCCCCCCCCCCCCCCCCCC(=O)NC(COC1OC(CO)C(O)C(O)C1O)C(O)CCCCCCCCCCCCCCCCCCCCCCCCCCCCCCC. The van der Waals surface area contributed by atoms with Crippen LogP contribution in [0.4, 0.5) is 0 Å². The molecule has 7 atom stereocenters. The normalized spacial score (nSPS) is 18.2. The Labute approximate surface area is 527 Å². The van der Waals surface area contributed by atoms with Crippen molar-refractivity contribution in [2.75, 3.05) is 13.2 Å². The smallest absolute Gasteiger partial charge is 0.220 e. The van der Waals surface area contributed by atoms with Gasteiger partial charge >= 0.3 is 0 Å². The van der Waals surface area contributed by atoms with Crippen LogP contribution in [0.5, 0.6) is 0 Å². The van der Waals surface area contributed by atoms with Crippen LogP contribution >= 0.6 is 0 Å². The largest absolute Gasteiger partial charge is 0.394 e. The molecule has 0 aromatic heterocycles. The minimum Gasteiger partial charge on any atom is -0.394 e. The second-order valence-corrected chi connectivity index (χ2v) is 26.5. The molecular weight excluding hydrogens is 1050 g/mol. The first-order valence-electron chi connectivity index (χ1n) is 37.7. The van der Waals surface area contributed by atoms with Gasteiger partial charge in [0.15, 0.2) is 6.29 Å². The summed E-state index contributed by atoms with van der Waals surface area (Å²) >= 11 is 0. The van der Waals surface area contributed by atoms with E-state index in [1.54, 1.807) is 0 Å². The van der Waals surface area contributed by atoms with Gasteiger partial charge in [0.2, 0.25) is 5.91 Å². The number of aliphatic hydroxyl groups excluding tert-OH is 5. The van der Waals surface area contributed by atoms with Crippen molar-refractivity contribution in [1.82, 2.24) is 5.32 Å². The monoisotopic (exact) mass is 1200 g/mol. The average Bonchev–Trinajstić information content (AvgIpc) is 3.68. The van der Waals surface area contributed by atoms with Crippen LogP contribution < -0.4 is 5.32 Å². The summed E-state index contributed by atoms with van der Waals surface area (Å²) < 4.78 is 11.4. The van der Waals surface area contributed by atoms with E-state index in [2.05, 4.69) is 55.6 Å². The Hall–Kier alpha value is -1.59. The summed E-state index contributed by atoms with van der Waals surface area (Å²) in [5.41, 5.74) is 0. The standard InChI is InChI=1S/C76H145NO8/c1-3-5-7-9-11-13-15-17-19-21-23-25-27-29-31-33-34-35-36-38-40-42-44-46-48-50-52-54-56-58-60-62-64-66-72(80)77-69(68-84-76-75(83)74(82)73(81)71(67-78)85-76)70(79)65-63-61-59-57-55-53-51-49-47-45-43-41-39-37-32-30-28-26-24-22-20-18-16-14-12-10-8-6-4-2/h15,17,21,23,27,29,69-71,73-76,78-79,81-83H,3-14,16,18-20,22,24-26,28,30-68H2,1-2H3,(H,77,80)/b17-15-,23-21-,29-27-. The zero-order valence-corrected chi connectivity index (χ0v) is 56.4. The quantitative estimate of drug-likeness (QED) is 0.0261. The summed E-state index contributed by atoms with van der Waals surface area (Å²) in [6.07, 6.45) is 80.9. The summed E-state index contributed by atoms with van der Waals surface area (Å²) in [7, 11) is 0. The van der Waals surface area contributed by atoms with E-state index < -0.39 is 49.5 Å². The molecule has 0 saturated carbocycles. The molecule has 85 heavy (non-hydrogen) atoms. The number of amides is 1. The molecule has 1 aliphatic rings. The Morgan fingerprint density at radius 3 is 1.02 bits per heavy atom. The lowest BCUT2D eigenvalue weighted by atomic mass is 9.99. The van der Waals surface area contributed by atoms with Gasteiger partial charge in [0.25, 0.3) is 0 Å². The topological polar surface area (TPSA) is 149 Å². The molecule has 6 N–H and O–H groups in total. The molecule has 0 aromatic rings. The fourth-order valence-corrected chi connectivity index (χ4v) is 12.4. The number of nitrogens with one attached hydrogen (secondary N) is 1. The van der Waals surface area contributed by atoms with E-state index in [1.165, 1.54) is 308 Å². The highest BCUT2D eigenvalue weighted by Crippen LogP contribution is 2.24. The Kier molecular flexibility index (Phi) is 62.6. The van der Waals surface area contributed by atoms with Gasteiger partial charge in [-0.1, -0.05) is 365 Å². The summed E-state index contributed by atoms with van der Waals surface area (Å²) in [5.74, 6) is -0.136. The van der Waals surface area contributed by atoms with Gasteiger partial charge in [-0.3, -0.25) is 4.79 Å². The van der Waals surface area contributed by atoms with E-state index in [4.69, 9.17) is 9.47 Å². The number of hydrogen-bond acceptors (Lipinski definition) is 8. The molecule has 0 radical (unpaired) electrons. The maximum Gasteiger partial charge on any atom is 0.220 e. The summed E-state index contributed by atoms with van der Waals surface area (Å²) in [4.78, 5) is 13.2. The highest BCUT2D eigenvalue weighted by Gasteiger charge is 2.44. The molecule has 1 fully saturated rings. The fraction of sp³-hybridized carbons (Fsp3) is 0.908. The third kappa shape index (κ3) is 53.9. The molecule has 0 aromatic carbocycles. The number of unbranched alkanes of at least 4 members (excludes halogenated alkanes) is 51. The lowest BCUT2D eigenvalue weighted by Gasteiger charge is -2.40. The minimum atomic E-state index is -1.55. The number of allylic oxidation sites excluding steroid dienone is 6. The Morgan fingerprint density at radius 2 is 0.694 bits per heavy atom. The van der Waals surface area contributed by atoms with Gasteiger partial charge in [0.1, 0.15) is 24.4 Å². The Balaban J connectivity index is 2.08. The predicted molar refractivity (Wildman–Crippen MR) is 364 cm³/mol. The van der Waals surface area contributed by atoms with Crippen molar-refractivity contribution in [1.29, 1.82) is 0 Å². The molecule has 9 nitrogen and oxygen atoms in total. The number of carbonyl (C=O) groups is 1. The molecule has 1 saturated heterocycles. The fourth-order valence-electron chi connectivity index (χ4n) is 12.4. The van der Waals surface area contributed by atoms with Crippen LogP contribution in [0.3, 0.4) is 0 Å². The molecule has 502 valence electrons. The van der Waals surface area contributed by atoms with Gasteiger partial charge < -0.3 is 40.3 Å². The van der Waals surface area contributed by atoms with Crippen molar-refractivity contribution >= 4 is 5.91 Å². The van der Waals surface area contributed by atoms with Crippen LogP contribution in [0, 0.1) is 0 Å². The summed E-state index contributed by atoms with van der Waals surface area (Å²) in [6.45, 7) is 3.89. The highest BCUT2D eigenvalue weighted by molar-refractivity contribution is 5.76. The van der Waals surface area contributed by atoms with Crippen molar-refractivity contribution in [3.8, 4) is 0 Å². The minimum absolute atomic E-state index is 0.134. The van der Waals surface area contributed by atoms with Crippen molar-refractivity contribution in [2.45, 2.75) is 429 Å². The van der Waals surface area contributed by atoms with Gasteiger partial charge in [-0.15, -0.1) is 0 Å². The van der Waals surface area contributed by atoms with E-state index in [-0.39, 0.29) is 12.5 Å². The molecule has 1 aliphatic heterocycles. The maximum absolute atomic E-state index is 13.2. The molecule has 9 heteroatoms. The second kappa shape index (κ2) is 65.4. The number of hydrogen-bond donors (Lipinski definition) is 6. The molecule has 1 rings (SSSR count). The van der Waals surface area contributed by atoms with Crippen molar-refractivity contribution in [2.24, 2.45) is 0 Å². The highest BCUT2D eigenvalue weighted by atomic mass is 16.7. The molecule has 1 heterocycles. The number of aliphatic hydroxyl groups is 5. The van der Waals surface area contributed by atoms with Gasteiger partial charge in [-0.2, -0.15) is 0 Å². The lowest BCUT2D eigenvalue weighted by molar-refractivity contribution is -0.302. The second-order valence-electron chi connectivity index (χ2n) is 26.5. The van der Waals surface area contributed by atoms with E-state index in [9.17, 15) is 30.3 Å². The first-order valence-corrected chi connectivity index (χ1v) is 37.7. The Morgan fingerprint density at radius 1 is 0.400 bits per heavy atom. The zero-order chi connectivity index (χ0) is 61.4. The van der Waals surface area contributed by atoms with Crippen molar-refractivity contribution in [3.63, 3.8) is 0 Å². The zero-order valence-electron chi connectivity index (χ0n) is 56.4. The van der Waals surface area contributed by atoms with Crippen LogP contribution in [-0.4, -0.2) is 87.5 Å². The van der Waals surface area contributed by atoms with Gasteiger partial charge in [0, 0.05) is 6.42 Å². The van der Waals surface area contributed by atoms with E-state index in [0.717, 1.165) is 51.4 Å². The molecule has 7 unspecified atom stereocenters. The van der Waals surface area contributed by atoms with E-state index >= 15 is 0 Å². The summed E-state index contributed by atoms with van der Waals surface area (Å²) in [6, 6.07) is -0.720. The number of ether oxygens (including phenoxy) is 2. The van der Waals surface area contributed by atoms with Crippen molar-refractivity contribution in [3.05, 3.63) is 36.5 Å². The molecule has 1 amide bonds. The van der Waals surface area contributed by atoms with Gasteiger partial charge in [-0.25, -0.2) is 0 Å². The molecule has 0 spiro atoms. The first kappa shape index (κ1) is 81.4. The van der Waals surface area contributed by atoms with E-state index in [0.29, 0.717) is 12.8 Å². The average molecular weight is 1200 g/mol. The maximum atomic E-state index is 13.2. The van der Waals surface area contributed by atoms with Crippen molar-refractivity contribution < 1.29 is 39.8 Å². The molecule has 0 bridgehead atoms. The van der Waals surface area contributed by atoms with E-state index in [1.807, 2.05) is 0 Å².